The Hall–Kier alpha value is -0.760. The predicted molar refractivity (Wildman–Crippen MR) is 53.5 cm³/mol. The lowest BCUT2D eigenvalue weighted by Gasteiger charge is -2.13. The van der Waals surface area contributed by atoms with Gasteiger partial charge in [0.05, 0.1) is 12.4 Å². The number of methoxy groups -OCH3 is 1. The Labute approximate surface area is 80.2 Å². The van der Waals surface area contributed by atoms with Crippen LogP contribution in [-0.4, -0.2) is 20.3 Å². The van der Waals surface area contributed by atoms with E-state index in [1.165, 1.54) is 5.57 Å². The van der Waals surface area contributed by atoms with Crippen LogP contribution in [0.5, 0.6) is 0 Å². The van der Waals surface area contributed by atoms with Crippen LogP contribution in [0.4, 0.5) is 0 Å². The minimum Gasteiger partial charge on any atom is -0.498 e. The molecule has 0 atom stereocenters. The third kappa shape index (κ3) is 4.13. The zero-order chi connectivity index (χ0) is 9.52. The van der Waals surface area contributed by atoms with Crippen molar-refractivity contribution in [3.63, 3.8) is 0 Å². The number of rotatable bonds is 5. The van der Waals surface area contributed by atoms with Crippen LogP contribution in [0.2, 0.25) is 0 Å². The van der Waals surface area contributed by atoms with E-state index in [0.29, 0.717) is 0 Å². The lowest BCUT2D eigenvalue weighted by Crippen LogP contribution is -2.01. The van der Waals surface area contributed by atoms with Gasteiger partial charge in [0.2, 0.25) is 0 Å². The summed E-state index contributed by atoms with van der Waals surface area (Å²) in [6.07, 6.45) is 7.36. The summed E-state index contributed by atoms with van der Waals surface area (Å²) >= 11 is 0. The molecule has 0 saturated heterocycles. The molecule has 0 unspecified atom stereocenters. The SMILES string of the molecule is COCCCOC1=CC=C(C)CC1. The zero-order valence-electron chi connectivity index (χ0n) is 8.51. The molecule has 0 spiro atoms. The summed E-state index contributed by atoms with van der Waals surface area (Å²) in [6.45, 7) is 3.70. The third-order valence-corrected chi connectivity index (χ3v) is 2.10. The van der Waals surface area contributed by atoms with E-state index in [0.717, 1.165) is 38.2 Å². The van der Waals surface area contributed by atoms with Gasteiger partial charge in [-0.3, -0.25) is 0 Å². The highest BCUT2D eigenvalue weighted by Crippen LogP contribution is 2.18. The Morgan fingerprint density at radius 1 is 1.23 bits per heavy atom. The van der Waals surface area contributed by atoms with Gasteiger partial charge >= 0.3 is 0 Å². The van der Waals surface area contributed by atoms with Gasteiger partial charge < -0.3 is 9.47 Å². The lowest BCUT2D eigenvalue weighted by atomic mass is 10.1. The minimum absolute atomic E-state index is 0.770. The average Bonchev–Trinajstić information content (AvgIpc) is 2.15. The monoisotopic (exact) mass is 182 g/mol. The van der Waals surface area contributed by atoms with Crippen LogP contribution in [0.1, 0.15) is 26.2 Å². The first kappa shape index (κ1) is 10.3. The molecule has 13 heavy (non-hydrogen) atoms. The molecule has 0 saturated carbocycles. The van der Waals surface area contributed by atoms with Gasteiger partial charge in [0.15, 0.2) is 0 Å². The highest BCUT2D eigenvalue weighted by molar-refractivity contribution is 5.19. The highest BCUT2D eigenvalue weighted by Gasteiger charge is 2.03. The van der Waals surface area contributed by atoms with Crippen LogP contribution in [0.15, 0.2) is 23.5 Å². The Kier molecular flexibility index (Phi) is 4.61. The molecular weight excluding hydrogens is 164 g/mol. The number of hydrogen-bond acceptors (Lipinski definition) is 2. The second-order valence-corrected chi connectivity index (χ2v) is 3.34. The van der Waals surface area contributed by atoms with Gasteiger partial charge in [-0.15, -0.1) is 0 Å². The van der Waals surface area contributed by atoms with E-state index in [9.17, 15) is 0 Å². The van der Waals surface area contributed by atoms with E-state index in [4.69, 9.17) is 9.47 Å². The maximum absolute atomic E-state index is 5.57. The van der Waals surface area contributed by atoms with Crippen molar-refractivity contribution in [1.29, 1.82) is 0 Å². The van der Waals surface area contributed by atoms with Crippen LogP contribution in [0, 0.1) is 0 Å². The molecule has 0 amide bonds. The fourth-order valence-electron chi connectivity index (χ4n) is 1.25. The molecular formula is C11H18O2. The molecule has 0 aromatic rings. The van der Waals surface area contributed by atoms with E-state index in [1.54, 1.807) is 7.11 Å². The first-order valence-electron chi connectivity index (χ1n) is 4.81. The summed E-state index contributed by atoms with van der Waals surface area (Å²) in [4.78, 5) is 0. The van der Waals surface area contributed by atoms with E-state index in [2.05, 4.69) is 19.1 Å². The minimum atomic E-state index is 0.770. The molecule has 1 aliphatic carbocycles. The van der Waals surface area contributed by atoms with Gasteiger partial charge in [-0.25, -0.2) is 0 Å². The summed E-state index contributed by atoms with van der Waals surface area (Å²) in [6, 6.07) is 0. The molecule has 0 fully saturated rings. The van der Waals surface area contributed by atoms with Gasteiger partial charge in [-0.2, -0.15) is 0 Å². The lowest BCUT2D eigenvalue weighted by molar-refractivity contribution is 0.141. The maximum Gasteiger partial charge on any atom is 0.0962 e. The molecule has 1 aliphatic rings. The van der Waals surface area contributed by atoms with Crippen molar-refractivity contribution in [3.05, 3.63) is 23.5 Å². The van der Waals surface area contributed by atoms with Crippen LogP contribution >= 0.6 is 0 Å². The van der Waals surface area contributed by atoms with Crippen molar-refractivity contribution in [2.45, 2.75) is 26.2 Å². The molecule has 2 heteroatoms. The van der Waals surface area contributed by atoms with E-state index in [1.807, 2.05) is 0 Å². The predicted octanol–water partition coefficient (Wildman–Crippen LogP) is 2.66. The molecule has 74 valence electrons. The molecule has 0 bridgehead atoms. The summed E-state index contributed by atoms with van der Waals surface area (Å²) in [5.74, 6) is 1.11. The summed E-state index contributed by atoms with van der Waals surface area (Å²) < 4.78 is 10.5. The number of allylic oxidation sites excluding steroid dienone is 4. The highest BCUT2D eigenvalue weighted by atomic mass is 16.5. The first-order chi connectivity index (χ1) is 6.33. The number of hydrogen-bond donors (Lipinski definition) is 0. The van der Waals surface area contributed by atoms with Crippen molar-refractivity contribution < 1.29 is 9.47 Å². The topological polar surface area (TPSA) is 18.5 Å². The van der Waals surface area contributed by atoms with Crippen molar-refractivity contribution in [2.75, 3.05) is 20.3 Å². The van der Waals surface area contributed by atoms with Gasteiger partial charge in [0, 0.05) is 26.6 Å². The van der Waals surface area contributed by atoms with Gasteiger partial charge in [-0.1, -0.05) is 11.6 Å². The fourth-order valence-corrected chi connectivity index (χ4v) is 1.25. The summed E-state index contributed by atoms with van der Waals surface area (Å²) in [5.41, 5.74) is 1.43. The van der Waals surface area contributed by atoms with Gasteiger partial charge in [0.25, 0.3) is 0 Å². The van der Waals surface area contributed by atoms with E-state index in [-0.39, 0.29) is 0 Å². The molecule has 2 nitrogen and oxygen atoms in total. The van der Waals surface area contributed by atoms with Crippen molar-refractivity contribution >= 4 is 0 Å². The van der Waals surface area contributed by atoms with Crippen molar-refractivity contribution in [2.24, 2.45) is 0 Å². The second-order valence-electron chi connectivity index (χ2n) is 3.34. The Morgan fingerprint density at radius 2 is 2.08 bits per heavy atom. The first-order valence-corrected chi connectivity index (χ1v) is 4.81. The van der Waals surface area contributed by atoms with E-state index < -0.39 is 0 Å². The molecule has 0 aromatic carbocycles. The quantitative estimate of drug-likeness (QED) is 0.608. The normalized spacial score (nSPS) is 16.5. The number of ether oxygens (including phenoxy) is 2. The molecule has 0 N–H and O–H groups in total. The van der Waals surface area contributed by atoms with Crippen LogP contribution < -0.4 is 0 Å². The van der Waals surface area contributed by atoms with Gasteiger partial charge in [-0.05, 0) is 19.4 Å². The van der Waals surface area contributed by atoms with Crippen LogP contribution in [0.3, 0.4) is 0 Å². The standard InChI is InChI=1S/C11H18O2/c1-10-4-6-11(7-5-10)13-9-3-8-12-2/h4,6H,3,5,7-9H2,1-2H3. The van der Waals surface area contributed by atoms with Crippen LogP contribution in [-0.2, 0) is 9.47 Å². The summed E-state index contributed by atoms with van der Waals surface area (Å²) in [5, 5.41) is 0. The third-order valence-electron chi connectivity index (χ3n) is 2.10. The molecule has 0 heterocycles. The Bertz CT molecular complexity index is 204. The molecule has 0 aliphatic heterocycles. The van der Waals surface area contributed by atoms with E-state index >= 15 is 0 Å². The van der Waals surface area contributed by atoms with Gasteiger partial charge in [0.1, 0.15) is 0 Å². The summed E-state index contributed by atoms with van der Waals surface area (Å²) in [7, 11) is 1.71. The Balaban J connectivity index is 2.15. The fraction of sp³-hybridized carbons (Fsp3) is 0.636. The van der Waals surface area contributed by atoms with Crippen molar-refractivity contribution in [3.8, 4) is 0 Å². The molecule has 0 radical (unpaired) electrons. The smallest absolute Gasteiger partial charge is 0.0962 e. The van der Waals surface area contributed by atoms with Crippen LogP contribution in [0.25, 0.3) is 0 Å². The second kappa shape index (κ2) is 5.81. The molecule has 0 aromatic heterocycles. The average molecular weight is 182 g/mol. The Morgan fingerprint density at radius 3 is 2.69 bits per heavy atom. The molecule has 1 rings (SSSR count). The zero-order valence-corrected chi connectivity index (χ0v) is 8.51. The largest absolute Gasteiger partial charge is 0.498 e. The van der Waals surface area contributed by atoms with Crippen molar-refractivity contribution in [1.82, 2.24) is 0 Å². The maximum atomic E-state index is 5.57.